The van der Waals surface area contributed by atoms with Crippen LogP contribution in [0.4, 0.5) is 5.69 Å². The molecule has 1 saturated heterocycles. The number of benzene rings is 2. The van der Waals surface area contributed by atoms with Gasteiger partial charge in [-0.1, -0.05) is 36.4 Å². The smallest absolute Gasteiger partial charge is 0.270 e. The number of amides is 1. The zero-order valence-corrected chi connectivity index (χ0v) is 15.5. The maximum absolute atomic E-state index is 12.0. The van der Waals surface area contributed by atoms with Crippen LogP contribution >= 0.6 is 0 Å². The lowest BCUT2D eigenvalue weighted by Gasteiger charge is -2.26. The summed E-state index contributed by atoms with van der Waals surface area (Å²) in [6, 6.07) is 14.3. The van der Waals surface area contributed by atoms with Gasteiger partial charge in [0.05, 0.1) is 18.1 Å². The van der Waals surface area contributed by atoms with E-state index in [-0.39, 0.29) is 11.6 Å². The van der Waals surface area contributed by atoms with Crippen LogP contribution in [0.5, 0.6) is 0 Å². The van der Waals surface area contributed by atoms with E-state index in [0.717, 1.165) is 38.4 Å². The maximum atomic E-state index is 12.0. The highest BCUT2D eigenvalue weighted by Gasteiger charge is 2.10. The first-order chi connectivity index (χ1) is 13.6. The van der Waals surface area contributed by atoms with Gasteiger partial charge in [0.25, 0.3) is 5.69 Å². The highest BCUT2D eigenvalue weighted by Crippen LogP contribution is 2.14. The largest absolute Gasteiger partial charge is 0.379 e. The Hall–Kier alpha value is -3.03. The minimum atomic E-state index is -0.458. The summed E-state index contributed by atoms with van der Waals surface area (Å²) in [5.41, 5.74) is 2.86. The Morgan fingerprint density at radius 3 is 2.57 bits per heavy atom. The molecule has 0 saturated carbocycles. The molecular weight excluding hydrogens is 358 g/mol. The Bertz CT molecular complexity index is 843. The summed E-state index contributed by atoms with van der Waals surface area (Å²) >= 11 is 0. The van der Waals surface area contributed by atoms with Gasteiger partial charge in [-0.3, -0.25) is 19.8 Å². The van der Waals surface area contributed by atoms with E-state index in [4.69, 9.17) is 4.74 Å². The maximum Gasteiger partial charge on any atom is 0.270 e. The molecule has 0 spiro atoms. The van der Waals surface area contributed by atoms with Crippen LogP contribution in [0.1, 0.15) is 16.7 Å². The van der Waals surface area contributed by atoms with Gasteiger partial charge in [0, 0.05) is 44.4 Å². The molecule has 7 heteroatoms. The van der Waals surface area contributed by atoms with Gasteiger partial charge in [0.2, 0.25) is 5.91 Å². The third-order valence-electron chi connectivity index (χ3n) is 4.51. The van der Waals surface area contributed by atoms with Gasteiger partial charge >= 0.3 is 0 Å². The molecule has 2 aromatic carbocycles. The highest BCUT2D eigenvalue weighted by atomic mass is 16.6. The van der Waals surface area contributed by atoms with Gasteiger partial charge in [0.1, 0.15) is 0 Å². The molecule has 1 fully saturated rings. The summed E-state index contributed by atoms with van der Waals surface area (Å²) < 4.78 is 5.36. The monoisotopic (exact) mass is 381 g/mol. The van der Waals surface area contributed by atoms with Crippen molar-refractivity contribution in [2.75, 3.05) is 26.3 Å². The average molecular weight is 381 g/mol. The molecule has 0 unspecified atom stereocenters. The van der Waals surface area contributed by atoms with Gasteiger partial charge in [-0.2, -0.15) is 0 Å². The Morgan fingerprint density at radius 1 is 1.14 bits per heavy atom. The van der Waals surface area contributed by atoms with E-state index < -0.39 is 4.92 Å². The van der Waals surface area contributed by atoms with Crippen LogP contribution in [0, 0.1) is 10.1 Å². The van der Waals surface area contributed by atoms with Gasteiger partial charge < -0.3 is 10.1 Å². The second-order valence-electron chi connectivity index (χ2n) is 6.61. The summed E-state index contributed by atoms with van der Waals surface area (Å²) in [7, 11) is 0. The molecule has 0 bridgehead atoms. The zero-order valence-electron chi connectivity index (χ0n) is 15.5. The summed E-state index contributed by atoms with van der Waals surface area (Å²) in [4.78, 5) is 24.7. The summed E-state index contributed by atoms with van der Waals surface area (Å²) in [6.45, 7) is 4.81. The lowest BCUT2D eigenvalue weighted by molar-refractivity contribution is -0.384. The molecule has 0 radical (unpaired) electrons. The Labute approximate surface area is 163 Å². The van der Waals surface area contributed by atoms with Crippen molar-refractivity contribution in [1.29, 1.82) is 0 Å². The lowest BCUT2D eigenvalue weighted by Crippen LogP contribution is -2.35. The normalized spacial score (nSPS) is 14.9. The van der Waals surface area contributed by atoms with E-state index in [9.17, 15) is 14.9 Å². The van der Waals surface area contributed by atoms with Gasteiger partial charge in [0.15, 0.2) is 0 Å². The van der Waals surface area contributed by atoms with Crippen LogP contribution in [0.3, 0.4) is 0 Å². The lowest BCUT2D eigenvalue weighted by atomic mass is 10.1. The number of carbonyl (C=O) groups is 1. The number of carbonyl (C=O) groups excluding carboxylic acids is 1. The minimum Gasteiger partial charge on any atom is -0.379 e. The minimum absolute atomic E-state index is 0.000253. The zero-order chi connectivity index (χ0) is 19.8. The van der Waals surface area contributed by atoms with E-state index in [1.165, 1.54) is 23.8 Å². The quantitative estimate of drug-likeness (QED) is 0.453. The van der Waals surface area contributed by atoms with Crippen molar-refractivity contribution in [1.82, 2.24) is 10.2 Å². The third-order valence-corrected chi connectivity index (χ3v) is 4.51. The molecule has 1 N–H and O–H groups in total. The number of nitrogens with zero attached hydrogens (tertiary/aromatic N) is 2. The van der Waals surface area contributed by atoms with E-state index in [2.05, 4.69) is 22.3 Å². The van der Waals surface area contributed by atoms with Crippen LogP contribution in [-0.4, -0.2) is 42.0 Å². The van der Waals surface area contributed by atoms with Gasteiger partial charge in [-0.15, -0.1) is 0 Å². The molecule has 1 amide bonds. The topological polar surface area (TPSA) is 84.7 Å². The number of morpholine rings is 1. The molecule has 1 heterocycles. The number of nitro groups is 1. The van der Waals surface area contributed by atoms with Crippen LogP contribution in [0.15, 0.2) is 54.6 Å². The number of rotatable bonds is 7. The molecule has 0 atom stereocenters. The van der Waals surface area contributed by atoms with E-state index in [1.54, 1.807) is 18.2 Å². The Balaban J connectivity index is 1.47. The van der Waals surface area contributed by atoms with Gasteiger partial charge in [-0.05, 0) is 22.8 Å². The van der Waals surface area contributed by atoms with Crippen LogP contribution in [0.25, 0.3) is 6.08 Å². The van der Waals surface area contributed by atoms with Crippen molar-refractivity contribution in [2.45, 2.75) is 13.1 Å². The molecule has 7 nitrogen and oxygen atoms in total. The number of ether oxygens (including phenoxy) is 1. The fourth-order valence-corrected chi connectivity index (χ4v) is 2.94. The van der Waals surface area contributed by atoms with Crippen molar-refractivity contribution >= 4 is 17.7 Å². The molecular formula is C21H23N3O4. The van der Waals surface area contributed by atoms with Crippen molar-refractivity contribution in [2.24, 2.45) is 0 Å². The van der Waals surface area contributed by atoms with Crippen LogP contribution in [0.2, 0.25) is 0 Å². The van der Waals surface area contributed by atoms with E-state index in [0.29, 0.717) is 12.1 Å². The predicted octanol–water partition coefficient (Wildman–Crippen LogP) is 2.76. The first-order valence-corrected chi connectivity index (χ1v) is 9.18. The molecule has 146 valence electrons. The average Bonchev–Trinajstić information content (AvgIpc) is 2.73. The van der Waals surface area contributed by atoms with Crippen molar-refractivity contribution < 1.29 is 14.5 Å². The second-order valence-corrected chi connectivity index (χ2v) is 6.61. The summed E-state index contributed by atoms with van der Waals surface area (Å²) in [5, 5.41) is 13.6. The molecule has 1 aliphatic heterocycles. The highest BCUT2D eigenvalue weighted by molar-refractivity contribution is 5.91. The molecule has 3 rings (SSSR count). The Kier molecular flexibility index (Phi) is 6.89. The van der Waals surface area contributed by atoms with Crippen molar-refractivity contribution in [3.05, 3.63) is 81.4 Å². The molecule has 0 aliphatic carbocycles. The summed E-state index contributed by atoms with van der Waals surface area (Å²) in [5.74, 6) is -0.246. The summed E-state index contributed by atoms with van der Waals surface area (Å²) in [6.07, 6.45) is 2.94. The van der Waals surface area contributed by atoms with Gasteiger partial charge in [-0.25, -0.2) is 0 Å². The third kappa shape index (κ3) is 6.00. The first kappa shape index (κ1) is 19.7. The number of nitrogens with one attached hydrogen (secondary N) is 1. The van der Waals surface area contributed by atoms with E-state index >= 15 is 0 Å². The van der Waals surface area contributed by atoms with Crippen LogP contribution in [-0.2, 0) is 22.6 Å². The standard InChI is InChI=1S/C21H23N3O4/c25-21(9-8-17-2-1-3-20(14-17)24(26)27)22-15-18-4-6-19(7-5-18)16-23-10-12-28-13-11-23/h1-9,14H,10-13,15-16H2,(H,22,25). The fraction of sp³-hybridized carbons (Fsp3) is 0.286. The number of nitro benzene ring substituents is 1. The van der Waals surface area contributed by atoms with E-state index in [1.807, 2.05) is 12.1 Å². The van der Waals surface area contributed by atoms with Crippen LogP contribution < -0.4 is 5.32 Å². The molecule has 1 aliphatic rings. The first-order valence-electron chi connectivity index (χ1n) is 9.18. The second kappa shape index (κ2) is 9.77. The molecule has 2 aromatic rings. The van der Waals surface area contributed by atoms with Crippen molar-refractivity contribution in [3.63, 3.8) is 0 Å². The predicted molar refractivity (Wildman–Crippen MR) is 107 cm³/mol. The molecule has 28 heavy (non-hydrogen) atoms. The SMILES string of the molecule is O=C(C=Cc1cccc([N+](=O)[O-])c1)NCc1ccc(CN2CCOCC2)cc1. The number of hydrogen-bond donors (Lipinski definition) is 1. The molecule has 0 aromatic heterocycles. The van der Waals surface area contributed by atoms with Crippen molar-refractivity contribution in [3.8, 4) is 0 Å². The Morgan fingerprint density at radius 2 is 1.86 bits per heavy atom. The fourth-order valence-electron chi connectivity index (χ4n) is 2.94. The number of hydrogen-bond acceptors (Lipinski definition) is 5. The number of non-ortho nitro benzene ring substituents is 1.